The molecule has 0 saturated heterocycles. The molecule has 18 heteroatoms. The first-order valence-electron chi connectivity index (χ1n) is 16.9. The van der Waals surface area contributed by atoms with Crippen molar-refractivity contribution in [2.75, 3.05) is 30.8 Å². The van der Waals surface area contributed by atoms with Crippen molar-refractivity contribution in [3.05, 3.63) is 64.2 Å². The fraction of sp³-hybridized carbons (Fsp3) is 0.429. The summed E-state index contributed by atoms with van der Waals surface area (Å²) in [5, 5.41) is 15.2. The van der Waals surface area contributed by atoms with Crippen molar-refractivity contribution in [3.8, 4) is 0 Å². The van der Waals surface area contributed by atoms with Gasteiger partial charge in [0.2, 0.25) is 5.95 Å². The first-order chi connectivity index (χ1) is 25.2. The number of Topliss-reactive ketones (excluding diaryl/α,β-unsaturated/α-hetero) is 2. The standard InChI is InChI=1S/C35H42N8O10/c1-35(2,53-18-4-6-25(45)15-16-43-27(46)13-14-28(43)47)52-17-3-5-24(44)11-12-26(33(50)51)40-31(48)21-7-9-22(10-8-21)37-19-23-20-38-30-29(39-23)32(49)42-34(36)41-30/h7-10,13-14,20,26,37H,3-6,11-12,15-19H2,1-2H3,(H,40,48)(H,50,51)(H3,36,38,41,42,49)/t26-/m0/s1. The number of hydrogen-bond donors (Lipinski definition) is 5. The second-order valence-corrected chi connectivity index (χ2v) is 12.6. The number of carbonyl (C=O) groups is 6. The van der Waals surface area contributed by atoms with Crippen LogP contribution in [0.15, 0.2) is 47.4 Å². The molecule has 6 N–H and O–H groups in total. The molecule has 1 aliphatic heterocycles. The lowest BCUT2D eigenvalue weighted by Crippen LogP contribution is -2.41. The number of carbonyl (C=O) groups excluding carboxylic acids is 5. The number of aromatic amines is 1. The number of hydrogen-bond acceptors (Lipinski definition) is 14. The average molecular weight is 735 g/mol. The van der Waals surface area contributed by atoms with Crippen molar-refractivity contribution in [2.45, 2.75) is 77.2 Å². The molecule has 0 bridgehead atoms. The van der Waals surface area contributed by atoms with E-state index in [1.807, 2.05) is 0 Å². The molecular formula is C35H42N8O10. The number of fused-ring (bicyclic) bond motifs is 1. The number of ether oxygens (including phenoxy) is 2. The molecule has 0 fully saturated rings. The Kier molecular flexibility index (Phi) is 14.0. The molecule has 0 saturated carbocycles. The zero-order chi connectivity index (χ0) is 38.5. The smallest absolute Gasteiger partial charge is 0.326 e. The zero-order valence-electron chi connectivity index (χ0n) is 29.4. The number of nitrogens with one attached hydrogen (secondary N) is 3. The van der Waals surface area contributed by atoms with Crippen LogP contribution in [0.2, 0.25) is 0 Å². The summed E-state index contributed by atoms with van der Waals surface area (Å²) in [4.78, 5) is 100. The van der Waals surface area contributed by atoms with Gasteiger partial charge < -0.3 is 30.9 Å². The SMILES string of the molecule is CC(C)(OCCCC(=O)CC[C@H](NC(=O)c1ccc(NCc2cnc3nc(N)[nH]c(=O)c3n2)cc1)C(=O)O)OCCCC(=O)CCN1C(=O)C=CC1=O. The molecule has 1 aliphatic rings. The minimum Gasteiger partial charge on any atom is -0.480 e. The minimum absolute atomic E-state index is 0.0463. The number of nitrogen functional groups attached to an aromatic ring is 1. The highest BCUT2D eigenvalue weighted by Gasteiger charge is 2.25. The minimum atomic E-state index is -1.28. The van der Waals surface area contributed by atoms with E-state index in [-0.39, 0.29) is 92.6 Å². The van der Waals surface area contributed by atoms with Crippen LogP contribution in [0.1, 0.15) is 74.8 Å². The van der Waals surface area contributed by atoms with Gasteiger partial charge in [0.25, 0.3) is 23.3 Å². The number of aliphatic carboxylic acids is 1. The van der Waals surface area contributed by atoms with E-state index in [4.69, 9.17) is 15.2 Å². The molecule has 0 aliphatic carbocycles. The molecule has 2 aromatic heterocycles. The fourth-order valence-electron chi connectivity index (χ4n) is 5.15. The molecule has 0 unspecified atom stereocenters. The Morgan fingerprint density at radius 2 is 1.55 bits per heavy atom. The molecule has 0 radical (unpaired) electrons. The first-order valence-corrected chi connectivity index (χ1v) is 16.9. The summed E-state index contributed by atoms with van der Waals surface area (Å²) >= 11 is 0. The van der Waals surface area contributed by atoms with Gasteiger partial charge in [0.05, 0.1) is 31.6 Å². The number of amides is 3. The van der Waals surface area contributed by atoms with Crippen LogP contribution in [0.3, 0.4) is 0 Å². The largest absolute Gasteiger partial charge is 0.480 e. The number of nitrogens with zero attached hydrogens (tertiary/aromatic N) is 4. The van der Waals surface area contributed by atoms with Gasteiger partial charge in [-0.05, 0) is 57.4 Å². The molecular weight excluding hydrogens is 692 g/mol. The normalized spacial score (nSPS) is 13.4. The third-order valence-corrected chi connectivity index (χ3v) is 8.04. The summed E-state index contributed by atoms with van der Waals surface area (Å²) in [6, 6.07) is 5.00. The third-order valence-electron chi connectivity index (χ3n) is 8.04. The highest BCUT2D eigenvalue weighted by molar-refractivity contribution is 6.13. The lowest BCUT2D eigenvalue weighted by molar-refractivity contribution is -0.214. The molecule has 3 amide bonds. The van der Waals surface area contributed by atoms with Gasteiger partial charge in [-0.3, -0.25) is 38.7 Å². The predicted octanol–water partition coefficient (Wildman–Crippen LogP) is 1.65. The van der Waals surface area contributed by atoms with Gasteiger partial charge in [-0.1, -0.05) is 0 Å². The summed E-state index contributed by atoms with van der Waals surface area (Å²) in [7, 11) is 0. The van der Waals surface area contributed by atoms with Crippen molar-refractivity contribution in [1.29, 1.82) is 0 Å². The second-order valence-electron chi connectivity index (χ2n) is 12.6. The van der Waals surface area contributed by atoms with E-state index < -0.39 is 41.1 Å². The predicted molar refractivity (Wildman–Crippen MR) is 189 cm³/mol. The van der Waals surface area contributed by atoms with Crippen LogP contribution in [0.5, 0.6) is 0 Å². The Bertz CT molecular complexity index is 1910. The average Bonchev–Trinajstić information content (AvgIpc) is 3.44. The molecule has 3 aromatic rings. The molecule has 1 atom stereocenters. The van der Waals surface area contributed by atoms with Crippen LogP contribution in [0.4, 0.5) is 11.6 Å². The lowest BCUT2D eigenvalue weighted by atomic mass is 10.1. The zero-order valence-corrected chi connectivity index (χ0v) is 29.4. The topological polar surface area (TPSA) is 266 Å². The number of H-pyrrole nitrogens is 1. The Labute approximate surface area is 303 Å². The van der Waals surface area contributed by atoms with Gasteiger partial charge >= 0.3 is 5.97 Å². The molecule has 3 heterocycles. The second kappa shape index (κ2) is 18.6. The summed E-state index contributed by atoms with van der Waals surface area (Å²) in [5.41, 5.74) is 6.49. The fourth-order valence-corrected chi connectivity index (χ4v) is 5.15. The number of nitrogens with two attached hydrogens (primary N) is 1. The lowest BCUT2D eigenvalue weighted by Gasteiger charge is -2.25. The van der Waals surface area contributed by atoms with E-state index >= 15 is 0 Å². The van der Waals surface area contributed by atoms with E-state index in [0.717, 1.165) is 4.90 Å². The maximum atomic E-state index is 12.8. The number of ketones is 2. The van der Waals surface area contributed by atoms with Crippen LogP contribution in [-0.4, -0.2) is 96.8 Å². The van der Waals surface area contributed by atoms with Crippen molar-refractivity contribution < 1.29 is 43.3 Å². The molecule has 1 aromatic carbocycles. The van der Waals surface area contributed by atoms with Crippen molar-refractivity contribution in [1.82, 2.24) is 30.2 Å². The maximum Gasteiger partial charge on any atom is 0.326 e. The van der Waals surface area contributed by atoms with Crippen molar-refractivity contribution in [3.63, 3.8) is 0 Å². The third kappa shape index (κ3) is 12.4. The number of anilines is 2. The summed E-state index contributed by atoms with van der Waals surface area (Å²) in [5.74, 6) is -4.04. The van der Waals surface area contributed by atoms with Crippen LogP contribution in [0.25, 0.3) is 11.2 Å². The van der Waals surface area contributed by atoms with Gasteiger partial charge in [0, 0.05) is 55.6 Å². The Morgan fingerprint density at radius 1 is 0.925 bits per heavy atom. The highest BCUT2D eigenvalue weighted by atomic mass is 16.7. The number of imide groups is 1. The van der Waals surface area contributed by atoms with Gasteiger partial charge in [-0.15, -0.1) is 0 Å². The molecule has 53 heavy (non-hydrogen) atoms. The first kappa shape index (κ1) is 39.9. The van der Waals surface area contributed by atoms with E-state index in [0.29, 0.717) is 24.2 Å². The van der Waals surface area contributed by atoms with Crippen LogP contribution in [0, 0.1) is 0 Å². The maximum absolute atomic E-state index is 12.8. The summed E-state index contributed by atoms with van der Waals surface area (Å²) < 4.78 is 11.4. The highest BCUT2D eigenvalue weighted by Crippen LogP contribution is 2.15. The number of benzene rings is 1. The van der Waals surface area contributed by atoms with E-state index in [1.165, 1.54) is 30.5 Å². The number of rotatable bonds is 22. The summed E-state index contributed by atoms with van der Waals surface area (Å²) in [6.07, 6.45) is 4.90. The summed E-state index contributed by atoms with van der Waals surface area (Å²) in [6.45, 7) is 4.12. The molecule has 18 nitrogen and oxygen atoms in total. The van der Waals surface area contributed by atoms with Gasteiger partial charge in [-0.25, -0.2) is 14.8 Å². The van der Waals surface area contributed by atoms with Crippen molar-refractivity contribution >= 4 is 58.1 Å². The van der Waals surface area contributed by atoms with E-state index in [2.05, 4.69) is 30.6 Å². The molecule has 0 spiro atoms. The monoisotopic (exact) mass is 734 g/mol. The van der Waals surface area contributed by atoms with Gasteiger partial charge in [-0.2, -0.15) is 4.98 Å². The quantitative estimate of drug-likeness (QED) is 0.0558. The Balaban J connectivity index is 1.10. The number of carboxylic acid groups (broad SMARTS) is 1. The van der Waals surface area contributed by atoms with Crippen molar-refractivity contribution in [2.24, 2.45) is 0 Å². The van der Waals surface area contributed by atoms with Crippen LogP contribution >= 0.6 is 0 Å². The van der Waals surface area contributed by atoms with Gasteiger partial charge in [0.1, 0.15) is 17.6 Å². The van der Waals surface area contributed by atoms with Gasteiger partial charge in [0.15, 0.2) is 17.0 Å². The van der Waals surface area contributed by atoms with E-state index in [9.17, 15) is 38.7 Å². The Morgan fingerprint density at radius 3 is 2.17 bits per heavy atom. The molecule has 282 valence electrons. The molecule has 4 rings (SSSR count). The van der Waals surface area contributed by atoms with Crippen LogP contribution < -0.4 is 21.9 Å². The van der Waals surface area contributed by atoms with Crippen LogP contribution in [-0.2, 0) is 40.0 Å². The Hall–Kier alpha value is -5.88. The number of carboxylic acids is 1. The number of aromatic nitrogens is 4. The van der Waals surface area contributed by atoms with E-state index in [1.54, 1.807) is 26.0 Å².